The van der Waals surface area contributed by atoms with Gasteiger partial charge in [-0.15, -0.1) is 0 Å². The Hall–Kier alpha value is -4.03. The summed E-state index contributed by atoms with van der Waals surface area (Å²) in [5.41, 5.74) is 1.12. The Balaban J connectivity index is 1.63. The number of amides is 3. The fraction of sp³-hybridized carbons (Fsp3) is 0.179. The lowest BCUT2D eigenvalue weighted by Crippen LogP contribution is -2.44. The minimum atomic E-state index is -0.878. The molecule has 0 saturated heterocycles. The summed E-state index contributed by atoms with van der Waals surface area (Å²) >= 11 is 6.71. The van der Waals surface area contributed by atoms with Crippen molar-refractivity contribution in [3.63, 3.8) is 0 Å². The summed E-state index contributed by atoms with van der Waals surface area (Å²) in [6.07, 6.45) is 3.03. The van der Waals surface area contributed by atoms with Gasteiger partial charge in [-0.1, -0.05) is 48.5 Å². The van der Waals surface area contributed by atoms with Crippen LogP contribution in [0, 0.1) is 0 Å². The van der Waals surface area contributed by atoms with Gasteiger partial charge in [-0.2, -0.15) is 0 Å². The number of carbonyl (C=O) groups is 4. The monoisotopic (exact) mass is 671 g/mol. The molecular formula is C28H27Br2N5O5. The van der Waals surface area contributed by atoms with Gasteiger partial charge in [0.25, 0.3) is 11.8 Å². The molecule has 0 aliphatic carbocycles. The number of nitrogens with zero attached hydrogens (tertiary/aromatic N) is 1. The molecule has 0 radical (unpaired) electrons. The average Bonchev–Trinajstić information content (AvgIpc) is 2.96. The van der Waals surface area contributed by atoms with Gasteiger partial charge in [-0.3, -0.25) is 14.4 Å². The van der Waals surface area contributed by atoms with Crippen LogP contribution in [-0.2, 0) is 25.5 Å². The van der Waals surface area contributed by atoms with Gasteiger partial charge in [0.1, 0.15) is 17.6 Å². The maximum Gasteiger partial charge on any atom is 0.328 e. The molecule has 3 aromatic rings. The zero-order chi connectivity index (χ0) is 28.9. The second kappa shape index (κ2) is 15.5. The maximum atomic E-state index is 13.0. The molecule has 1 aromatic heterocycles. The maximum absolute atomic E-state index is 13.0. The Morgan fingerprint density at radius 1 is 1.00 bits per heavy atom. The van der Waals surface area contributed by atoms with Crippen LogP contribution in [0.1, 0.15) is 22.3 Å². The lowest BCUT2D eigenvalue weighted by molar-refractivity contribution is -0.145. The summed E-state index contributed by atoms with van der Waals surface area (Å²) in [5, 5.41) is 10.8. The molecule has 4 N–H and O–H groups in total. The van der Waals surface area contributed by atoms with Crippen molar-refractivity contribution in [3.8, 4) is 0 Å². The smallest absolute Gasteiger partial charge is 0.328 e. The van der Waals surface area contributed by atoms with Crippen molar-refractivity contribution in [3.05, 3.63) is 105 Å². The lowest BCUT2D eigenvalue weighted by Gasteiger charge is -2.17. The molecule has 12 heteroatoms. The van der Waals surface area contributed by atoms with Gasteiger partial charge < -0.3 is 26.0 Å². The van der Waals surface area contributed by atoms with Gasteiger partial charge in [-0.05, 0) is 55.6 Å². The fourth-order valence-corrected chi connectivity index (χ4v) is 4.54. The minimum absolute atomic E-state index is 0.0529. The first-order valence-electron chi connectivity index (χ1n) is 12.1. The summed E-state index contributed by atoms with van der Waals surface area (Å²) < 4.78 is 6.20. The number of rotatable bonds is 12. The standard InChI is InChI=1S/C28H27Br2N5O5/c1-40-28(39)22(14-18-8-4-2-5-9-18)34-24(36)12-13-31-27(38)23(35-26(37)19-10-6-3-7-11-19)17-33-25-21(30)15-20(29)16-32-25/h2-11,15-17,22H,12-14H2,1H3,(H,31,38)(H,32,33)(H,34,36)(H,35,37)/b23-17-/t22-/m0/s1. The predicted octanol–water partition coefficient (Wildman–Crippen LogP) is 3.70. The summed E-state index contributed by atoms with van der Waals surface area (Å²) in [6, 6.07) is 18.5. The van der Waals surface area contributed by atoms with Crippen LogP contribution in [0.15, 0.2) is 93.8 Å². The molecule has 2 aromatic carbocycles. The third-order valence-electron chi connectivity index (χ3n) is 5.43. The van der Waals surface area contributed by atoms with E-state index in [0.717, 1.165) is 10.0 Å². The number of hydrogen-bond donors (Lipinski definition) is 4. The third-order valence-corrected chi connectivity index (χ3v) is 6.47. The highest BCUT2D eigenvalue weighted by Gasteiger charge is 2.22. The Kier molecular flexibility index (Phi) is 11.8. The number of hydrogen-bond acceptors (Lipinski definition) is 7. The SMILES string of the molecule is COC(=O)[C@H](Cc1ccccc1)NC(=O)CCNC(=O)/C(=C/Nc1ncc(Br)cc1Br)NC(=O)c1ccccc1. The van der Waals surface area contributed by atoms with Gasteiger partial charge >= 0.3 is 5.97 Å². The topological polar surface area (TPSA) is 139 Å². The van der Waals surface area contributed by atoms with Gasteiger partial charge in [0.05, 0.1) is 11.6 Å². The Labute approximate surface area is 248 Å². The molecule has 1 heterocycles. The number of halogens is 2. The van der Waals surface area contributed by atoms with E-state index in [1.165, 1.54) is 13.3 Å². The second-order valence-electron chi connectivity index (χ2n) is 8.35. The molecule has 3 amide bonds. The molecule has 0 saturated carbocycles. The zero-order valence-corrected chi connectivity index (χ0v) is 24.6. The van der Waals surface area contributed by atoms with Crippen molar-refractivity contribution in [2.45, 2.75) is 18.9 Å². The van der Waals surface area contributed by atoms with E-state index < -0.39 is 29.7 Å². The van der Waals surface area contributed by atoms with Crippen molar-refractivity contribution in [2.24, 2.45) is 0 Å². The summed E-state index contributed by atoms with van der Waals surface area (Å²) in [7, 11) is 1.25. The fourth-order valence-electron chi connectivity index (χ4n) is 3.44. The van der Waals surface area contributed by atoms with Gasteiger partial charge in [-0.25, -0.2) is 9.78 Å². The number of anilines is 1. The van der Waals surface area contributed by atoms with E-state index in [1.54, 1.807) is 42.6 Å². The van der Waals surface area contributed by atoms with E-state index >= 15 is 0 Å². The van der Waals surface area contributed by atoms with Crippen molar-refractivity contribution < 1.29 is 23.9 Å². The van der Waals surface area contributed by atoms with Crippen LogP contribution in [0.4, 0.5) is 5.82 Å². The first kappa shape index (κ1) is 30.5. The molecule has 3 rings (SSSR count). The summed E-state index contributed by atoms with van der Waals surface area (Å²) in [6.45, 7) is -0.0529. The number of nitrogens with one attached hydrogen (secondary N) is 4. The first-order chi connectivity index (χ1) is 19.3. The van der Waals surface area contributed by atoms with Crippen LogP contribution in [-0.4, -0.2) is 48.4 Å². The number of esters is 1. The molecule has 0 fully saturated rings. The van der Waals surface area contributed by atoms with Gasteiger partial charge in [0.15, 0.2) is 0 Å². The van der Waals surface area contributed by atoms with E-state index in [9.17, 15) is 19.2 Å². The predicted molar refractivity (Wildman–Crippen MR) is 157 cm³/mol. The number of carbonyl (C=O) groups excluding carboxylic acids is 4. The minimum Gasteiger partial charge on any atom is -0.467 e. The molecule has 0 aliphatic rings. The molecule has 1 atom stereocenters. The van der Waals surface area contributed by atoms with Crippen LogP contribution >= 0.6 is 31.9 Å². The Bertz CT molecular complexity index is 1370. The molecule has 40 heavy (non-hydrogen) atoms. The molecule has 0 unspecified atom stereocenters. The number of methoxy groups -OCH3 is 1. The third kappa shape index (κ3) is 9.62. The zero-order valence-electron chi connectivity index (χ0n) is 21.4. The van der Waals surface area contributed by atoms with E-state index in [0.29, 0.717) is 15.9 Å². The molecular weight excluding hydrogens is 646 g/mol. The normalized spacial score (nSPS) is 11.6. The number of benzene rings is 2. The van der Waals surface area contributed by atoms with E-state index in [2.05, 4.69) is 58.1 Å². The average molecular weight is 673 g/mol. The highest BCUT2D eigenvalue weighted by atomic mass is 79.9. The van der Waals surface area contributed by atoms with E-state index in [1.807, 2.05) is 30.3 Å². The van der Waals surface area contributed by atoms with Crippen molar-refractivity contribution in [1.29, 1.82) is 0 Å². The molecule has 0 spiro atoms. The Morgan fingerprint density at radius 3 is 2.33 bits per heavy atom. The quantitative estimate of drug-likeness (QED) is 0.170. The van der Waals surface area contributed by atoms with E-state index in [4.69, 9.17) is 4.74 Å². The van der Waals surface area contributed by atoms with Gasteiger partial charge in [0, 0.05) is 41.8 Å². The molecule has 208 valence electrons. The highest BCUT2D eigenvalue weighted by molar-refractivity contribution is 9.11. The largest absolute Gasteiger partial charge is 0.467 e. The Morgan fingerprint density at radius 2 is 1.68 bits per heavy atom. The highest BCUT2D eigenvalue weighted by Crippen LogP contribution is 2.23. The van der Waals surface area contributed by atoms with Crippen molar-refractivity contribution in [1.82, 2.24) is 20.9 Å². The second-order valence-corrected chi connectivity index (χ2v) is 10.1. The van der Waals surface area contributed by atoms with Crippen molar-refractivity contribution >= 4 is 61.4 Å². The first-order valence-corrected chi connectivity index (χ1v) is 13.7. The van der Waals surface area contributed by atoms with Crippen molar-refractivity contribution in [2.75, 3.05) is 19.0 Å². The van der Waals surface area contributed by atoms with Gasteiger partial charge in [0.2, 0.25) is 5.91 Å². The lowest BCUT2D eigenvalue weighted by atomic mass is 10.1. The molecule has 10 nitrogen and oxygen atoms in total. The number of ether oxygens (including phenoxy) is 1. The number of pyridine rings is 1. The summed E-state index contributed by atoms with van der Waals surface area (Å²) in [4.78, 5) is 54.7. The van der Waals surface area contributed by atoms with Crippen LogP contribution in [0.3, 0.4) is 0 Å². The van der Waals surface area contributed by atoms with Crippen LogP contribution in [0.5, 0.6) is 0 Å². The van der Waals surface area contributed by atoms with Crippen LogP contribution in [0.2, 0.25) is 0 Å². The van der Waals surface area contributed by atoms with Crippen LogP contribution < -0.4 is 21.3 Å². The summed E-state index contributed by atoms with van der Waals surface area (Å²) in [5.74, 6) is -1.74. The molecule has 0 bridgehead atoms. The molecule has 0 aliphatic heterocycles. The van der Waals surface area contributed by atoms with Crippen LogP contribution in [0.25, 0.3) is 0 Å². The van der Waals surface area contributed by atoms with E-state index in [-0.39, 0.29) is 25.1 Å². The number of aromatic nitrogens is 1.